The quantitative estimate of drug-likeness (QED) is 0.402. The van der Waals surface area contributed by atoms with E-state index in [4.69, 9.17) is 4.74 Å². The van der Waals surface area contributed by atoms with Crippen LogP contribution in [0.25, 0.3) is 0 Å². The topological polar surface area (TPSA) is 55.4 Å². The fourth-order valence-electron chi connectivity index (χ4n) is 2.75. The highest BCUT2D eigenvalue weighted by molar-refractivity contribution is 7.16. The summed E-state index contributed by atoms with van der Waals surface area (Å²) in [5, 5.41) is 2.71. The zero-order chi connectivity index (χ0) is 21.6. The van der Waals surface area contributed by atoms with Crippen LogP contribution < -0.4 is 5.32 Å². The standard InChI is InChI=1S/C22H25F2NO3S/c1-5-28-22(27)15-12-18(14(4)9-6-8-13(2)3)29-21(15)25-20(26)19-16(23)10-7-11-17(19)24/h7-8,10-12,14H,5-6,9H2,1-4H3,(H,25,26)/t14-/m0/s1. The van der Waals surface area contributed by atoms with E-state index in [2.05, 4.69) is 11.4 Å². The molecule has 1 heterocycles. The molecule has 0 aliphatic heterocycles. The number of esters is 1. The van der Waals surface area contributed by atoms with Crippen LogP contribution >= 0.6 is 11.3 Å². The Bertz CT molecular complexity index is 897. The summed E-state index contributed by atoms with van der Waals surface area (Å²) in [6.45, 7) is 7.95. The zero-order valence-electron chi connectivity index (χ0n) is 17.0. The fourth-order valence-corrected chi connectivity index (χ4v) is 3.88. The second-order valence-electron chi connectivity index (χ2n) is 6.92. The van der Waals surface area contributed by atoms with Gasteiger partial charge in [0.2, 0.25) is 0 Å². The molecule has 0 spiro atoms. The van der Waals surface area contributed by atoms with Crippen LogP contribution in [0, 0.1) is 11.6 Å². The highest BCUT2D eigenvalue weighted by Crippen LogP contribution is 2.36. The van der Waals surface area contributed by atoms with Gasteiger partial charge in [-0.1, -0.05) is 24.6 Å². The summed E-state index contributed by atoms with van der Waals surface area (Å²) in [6.07, 6.45) is 3.89. The number of allylic oxidation sites excluding steroid dienone is 2. The number of ether oxygens (including phenoxy) is 1. The molecule has 0 aliphatic rings. The Balaban J connectivity index is 2.31. The maximum absolute atomic E-state index is 13.9. The summed E-state index contributed by atoms with van der Waals surface area (Å²) in [7, 11) is 0. The van der Waals surface area contributed by atoms with Crippen molar-refractivity contribution in [3.8, 4) is 0 Å². The number of nitrogens with one attached hydrogen (secondary N) is 1. The highest BCUT2D eigenvalue weighted by Gasteiger charge is 2.24. The Labute approximate surface area is 173 Å². The van der Waals surface area contributed by atoms with Gasteiger partial charge in [-0.15, -0.1) is 11.3 Å². The van der Waals surface area contributed by atoms with Gasteiger partial charge in [0, 0.05) is 4.88 Å². The largest absolute Gasteiger partial charge is 0.462 e. The molecule has 2 rings (SSSR count). The van der Waals surface area contributed by atoms with Gasteiger partial charge in [-0.3, -0.25) is 4.79 Å². The van der Waals surface area contributed by atoms with Crippen LogP contribution in [0.2, 0.25) is 0 Å². The van der Waals surface area contributed by atoms with Crippen LogP contribution in [0.1, 0.15) is 72.0 Å². The first-order valence-corrected chi connectivity index (χ1v) is 10.3. The van der Waals surface area contributed by atoms with Crippen LogP contribution in [0.3, 0.4) is 0 Å². The third kappa shape index (κ3) is 5.97. The molecule has 1 amide bonds. The van der Waals surface area contributed by atoms with E-state index in [1.807, 2.05) is 20.8 Å². The smallest absolute Gasteiger partial charge is 0.341 e. The number of halogens is 2. The second-order valence-corrected chi connectivity index (χ2v) is 8.01. The van der Waals surface area contributed by atoms with E-state index >= 15 is 0 Å². The molecular weight excluding hydrogens is 396 g/mol. The predicted octanol–water partition coefficient (Wildman–Crippen LogP) is 6.31. The normalized spacial score (nSPS) is 11.7. The molecule has 0 saturated carbocycles. The van der Waals surface area contributed by atoms with Crippen molar-refractivity contribution in [1.29, 1.82) is 0 Å². The first-order chi connectivity index (χ1) is 13.7. The average molecular weight is 422 g/mol. The molecule has 29 heavy (non-hydrogen) atoms. The van der Waals surface area contributed by atoms with Gasteiger partial charge in [0.25, 0.3) is 5.91 Å². The Morgan fingerprint density at radius 3 is 2.48 bits per heavy atom. The van der Waals surface area contributed by atoms with E-state index in [1.54, 1.807) is 13.0 Å². The molecule has 156 valence electrons. The van der Waals surface area contributed by atoms with Gasteiger partial charge in [0.15, 0.2) is 0 Å². The van der Waals surface area contributed by atoms with Crippen molar-refractivity contribution in [2.24, 2.45) is 0 Å². The van der Waals surface area contributed by atoms with E-state index in [-0.39, 0.29) is 23.1 Å². The van der Waals surface area contributed by atoms with Crippen molar-refractivity contribution in [1.82, 2.24) is 0 Å². The van der Waals surface area contributed by atoms with Gasteiger partial charge in [0.05, 0.1) is 12.2 Å². The van der Waals surface area contributed by atoms with E-state index in [9.17, 15) is 18.4 Å². The number of benzene rings is 1. The SMILES string of the molecule is CCOC(=O)c1cc([C@@H](C)CCC=C(C)C)sc1NC(=O)c1c(F)cccc1F. The lowest BCUT2D eigenvalue weighted by molar-refractivity contribution is 0.0528. The molecule has 7 heteroatoms. The Kier molecular flexibility index (Phi) is 8.08. The van der Waals surface area contributed by atoms with Crippen LogP contribution in [-0.2, 0) is 4.74 Å². The number of amides is 1. The monoisotopic (exact) mass is 421 g/mol. The summed E-state index contributed by atoms with van der Waals surface area (Å²) >= 11 is 1.22. The minimum absolute atomic E-state index is 0.139. The summed E-state index contributed by atoms with van der Waals surface area (Å²) < 4.78 is 32.9. The molecule has 1 aromatic heterocycles. The van der Waals surface area contributed by atoms with Crippen LogP contribution in [0.5, 0.6) is 0 Å². The summed E-state index contributed by atoms with van der Waals surface area (Å²) in [4.78, 5) is 25.7. The van der Waals surface area contributed by atoms with Crippen molar-refractivity contribution >= 4 is 28.2 Å². The van der Waals surface area contributed by atoms with Gasteiger partial charge in [0.1, 0.15) is 22.2 Å². The summed E-state index contributed by atoms with van der Waals surface area (Å²) in [6, 6.07) is 4.89. The minimum Gasteiger partial charge on any atom is -0.462 e. The Morgan fingerprint density at radius 2 is 1.90 bits per heavy atom. The molecule has 0 fully saturated rings. The van der Waals surface area contributed by atoms with Crippen LogP contribution in [0.15, 0.2) is 35.9 Å². The molecule has 0 bridgehead atoms. The molecule has 0 radical (unpaired) electrons. The van der Waals surface area contributed by atoms with Gasteiger partial charge in [-0.05, 0) is 57.7 Å². The van der Waals surface area contributed by atoms with E-state index in [1.165, 1.54) is 23.0 Å². The van der Waals surface area contributed by atoms with Crippen molar-refractivity contribution < 1.29 is 23.1 Å². The van der Waals surface area contributed by atoms with E-state index < -0.39 is 29.1 Å². The van der Waals surface area contributed by atoms with Crippen molar-refractivity contribution in [2.75, 3.05) is 11.9 Å². The van der Waals surface area contributed by atoms with Gasteiger partial charge in [-0.25, -0.2) is 13.6 Å². The lowest BCUT2D eigenvalue weighted by Crippen LogP contribution is -2.17. The lowest BCUT2D eigenvalue weighted by Gasteiger charge is -2.08. The van der Waals surface area contributed by atoms with Crippen LogP contribution in [0.4, 0.5) is 13.8 Å². The average Bonchev–Trinajstić information content (AvgIpc) is 3.05. The number of anilines is 1. The van der Waals surface area contributed by atoms with Gasteiger partial charge in [-0.2, -0.15) is 0 Å². The maximum Gasteiger partial charge on any atom is 0.341 e. The molecule has 2 aromatic rings. The molecule has 4 nitrogen and oxygen atoms in total. The number of thiophene rings is 1. The number of hydrogen-bond acceptors (Lipinski definition) is 4. The third-order valence-corrected chi connectivity index (χ3v) is 5.58. The Morgan fingerprint density at radius 1 is 1.24 bits per heavy atom. The zero-order valence-corrected chi connectivity index (χ0v) is 17.8. The van der Waals surface area contributed by atoms with Crippen molar-refractivity contribution in [3.63, 3.8) is 0 Å². The molecule has 0 unspecified atom stereocenters. The number of hydrogen-bond donors (Lipinski definition) is 1. The fraction of sp³-hybridized carbons (Fsp3) is 0.364. The summed E-state index contributed by atoms with van der Waals surface area (Å²) in [5.41, 5.74) is 0.732. The molecule has 1 N–H and O–H groups in total. The van der Waals surface area contributed by atoms with Gasteiger partial charge >= 0.3 is 5.97 Å². The molecular formula is C22H25F2NO3S. The van der Waals surface area contributed by atoms with Crippen molar-refractivity contribution in [2.45, 2.75) is 46.5 Å². The van der Waals surface area contributed by atoms with E-state index in [0.29, 0.717) is 0 Å². The van der Waals surface area contributed by atoms with Crippen LogP contribution in [-0.4, -0.2) is 18.5 Å². The third-order valence-electron chi connectivity index (χ3n) is 4.30. The second kappa shape index (κ2) is 10.3. The minimum atomic E-state index is -0.966. The first-order valence-electron chi connectivity index (χ1n) is 9.44. The van der Waals surface area contributed by atoms with E-state index in [0.717, 1.165) is 29.9 Å². The molecule has 1 atom stereocenters. The Hall–Kier alpha value is -2.54. The molecule has 1 aromatic carbocycles. The summed E-state index contributed by atoms with van der Waals surface area (Å²) in [5.74, 6) is -3.33. The highest BCUT2D eigenvalue weighted by atomic mass is 32.1. The predicted molar refractivity (Wildman–Crippen MR) is 112 cm³/mol. The first kappa shape index (κ1) is 22.7. The van der Waals surface area contributed by atoms with Crippen molar-refractivity contribution in [3.05, 3.63) is 63.6 Å². The lowest BCUT2D eigenvalue weighted by atomic mass is 10.0. The number of carbonyl (C=O) groups is 2. The molecule has 0 aliphatic carbocycles. The number of carbonyl (C=O) groups excluding carboxylic acids is 2. The molecule has 0 saturated heterocycles. The maximum atomic E-state index is 13.9. The van der Waals surface area contributed by atoms with Gasteiger partial charge < -0.3 is 10.1 Å². The number of rotatable bonds is 8.